The Kier molecular flexibility index (Phi) is 3.69. The van der Waals surface area contributed by atoms with Crippen LogP contribution in [0.4, 0.5) is 4.39 Å². The zero-order chi connectivity index (χ0) is 13.3. The second-order valence-electron chi connectivity index (χ2n) is 4.51. The number of nitrogens with two attached hydrogens (primary N) is 1. The fourth-order valence-electron chi connectivity index (χ4n) is 1.93. The topological polar surface area (TPSA) is 26.0 Å². The van der Waals surface area contributed by atoms with Crippen LogP contribution < -0.4 is 5.73 Å². The van der Waals surface area contributed by atoms with Gasteiger partial charge in [-0.25, -0.2) is 4.39 Å². The second-order valence-corrected chi connectivity index (χ2v) is 4.92. The van der Waals surface area contributed by atoms with Gasteiger partial charge in [0.2, 0.25) is 0 Å². The van der Waals surface area contributed by atoms with Gasteiger partial charge in [-0.1, -0.05) is 35.9 Å². The van der Waals surface area contributed by atoms with Crippen molar-refractivity contribution in [2.24, 2.45) is 5.73 Å². The summed E-state index contributed by atoms with van der Waals surface area (Å²) in [4.78, 5) is 0. The van der Waals surface area contributed by atoms with Gasteiger partial charge >= 0.3 is 0 Å². The molecule has 2 aromatic rings. The second kappa shape index (κ2) is 5.09. The highest BCUT2D eigenvalue weighted by molar-refractivity contribution is 6.31. The Morgan fingerprint density at radius 1 is 1.11 bits per heavy atom. The Balaban J connectivity index is 2.41. The van der Waals surface area contributed by atoms with E-state index in [-0.39, 0.29) is 11.9 Å². The van der Waals surface area contributed by atoms with Gasteiger partial charge in [-0.05, 0) is 48.2 Å². The van der Waals surface area contributed by atoms with Crippen molar-refractivity contribution in [3.05, 3.63) is 69.5 Å². The maximum absolute atomic E-state index is 13.2. The van der Waals surface area contributed by atoms with Gasteiger partial charge in [0, 0.05) is 5.02 Å². The molecule has 2 rings (SSSR count). The molecule has 0 aliphatic heterocycles. The third kappa shape index (κ3) is 2.55. The van der Waals surface area contributed by atoms with Crippen LogP contribution in [0.2, 0.25) is 5.02 Å². The highest BCUT2D eigenvalue weighted by Gasteiger charge is 2.13. The Labute approximate surface area is 111 Å². The highest BCUT2D eigenvalue weighted by atomic mass is 35.5. The molecular formula is C15H15ClFN. The average molecular weight is 264 g/mol. The van der Waals surface area contributed by atoms with Crippen molar-refractivity contribution in [3.8, 4) is 0 Å². The molecule has 0 bridgehead atoms. The first-order valence-corrected chi connectivity index (χ1v) is 6.14. The highest BCUT2D eigenvalue weighted by Crippen LogP contribution is 2.28. The molecule has 0 radical (unpaired) electrons. The van der Waals surface area contributed by atoms with Crippen molar-refractivity contribution >= 4 is 11.6 Å². The Hall–Kier alpha value is -1.38. The third-order valence-corrected chi connectivity index (χ3v) is 3.36. The fraction of sp³-hybridized carbons (Fsp3) is 0.200. The van der Waals surface area contributed by atoms with E-state index in [1.165, 1.54) is 6.07 Å². The fourth-order valence-corrected chi connectivity index (χ4v) is 2.28. The van der Waals surface area contributed by atoms with E-state index in [1.807, 2.05) is 25.1 Å². The molecule has 1 nitrogen and oxygen atoms in total. The molecule has 0 aromatic heterocycles. The Bertz CT molecular complexity index is 581. The normalized spacial score (nSPS) is 12.5. The van der Waals surface area contributed by atoms with Gasteiger partial charge in [-0.2, -0.15) is 0 Å². The van der Waals surface area contributed by atoms with Crippen LogP contribution in [0.5, 0.6) is 0 Å². The number of hydrogen-bond acceptors (Lipinski definition) is 1. The van der Waals surface area contributed by atoms with Crippen LogP contribution in [-0.4, -0.2) is 0 Å². The van der Waals surface area contributed by atoms with Crippen molar-refractivity contribution in [2.45, 2.75) is 19.9 Å². The molecule has 0 saturated carbocycles. The molecule has 0 amide bonds. The molecule has 1 atom stereocenters. The molecule has 0 spiro atoms. The molecule has 94 valence electrons. The van der Waals surface area contributed by atoms with Crippen molar-refractivity contribution in [1.82, 2.24) is 0 Å². The van der Waals surface area contributed by atoms with E-state index in [0.717, 1.165) is 16.7 Å². The Morgan fingerprint density at radius 3 is 2.44 bits per heavy atom. The minimum Gasteiger partial charge on any atom is -0.320 e. The lowest BCUT2D eigenvalue weighted by Gasteiger charge is -2.15. The molecule has 1 unspecified atom stereocenters. The van der Waals surface area contributed by atoms with Crippen LogP contribution in [-0.2, 0) is 0 Å². The van der Waals surface area contributed by atoms with Crippen LogP contribution in [0.1, 0.15) is 28.3 Å². The van der Waals surface area contributed by atoms with Gasteiger partial charge in [0.05, 0.1) is 6.04 Å². The Morgan fingerprint density at radius 2 is 1.83 bits per heavy atom. The summed E-state index contributed by atoms with van der Waals surface area (Å²) in [5, 5.41) is 0.643. The number of aryl methyl sites for hydroxylation is 2. The predicted molar refractivity (Wildman–Crippen MR) is 73.4 cm³/mol. The first kappa shape index (κ1) is 13.1. The van der Waals surface area contributed by atoms with Crippen LogP contribution in [0.25, 0.3) is 0 Å². The summed E-state index contributed by atoms with van der Waals surface area (Å²) in [5.41, 5.74) is 9.57. The SMILES string of the molecule is Cc1ccc(C(N)c2ccc(F)c(C)c2)c(Cl)c1. The quantitative estimate of drug-likeness (QED) is 0.866. The van der Waals surface area contributed by atoms with Crippen molar-refractivity contribution < 1.29 is 4.39 Å². The lowest BCUT2D eigenvalue weighted by molar-refractivity contribution is 0.617. The minimum absolute atomic E-state index is 0.221. The van der Waals surface area contributed by atoms with E-state index in [0.29, 0.717) is 10.6 Å². The summed E-state index contributed by atoms with van der Waals surface area (Å²) in [6.07, 6.45) is 0. The maximum atomic E-state index is 13.2. The summed E-state index contributed by atoms with van der Waals surface area (Å²) in [6.45, 7) is 3.70. The summed E-state index contributed by atoms with van der Waals surface area (Å²) in [5.74, 6) is -0.221. The van der Waals surface area contributed by atoms with Gasteiger partial charge < -0.3 is 5.73 Å². The molecule has 0 aliphatic carbocycles. The molecule has 2 aromatic carbocycles. The summed E-state index contributed by atoms with van der Waals surface area (Å²) >= 11 is 6.19. The van der Waals surface area contributed by atoms with E-state index in [4.69, 9.17) is 17.3 Å². The van der Waals surface area contributed by atoms with Gasteiger partial charge in [-0.15, -0.1) is 0 Å². The molecule has 3 heteroatoms. The molecule has 0 aliphatic rings. The molecule has 18 heavy (non-hydrogen) atoms. The standard InChI is InChI=1S/C15H15ClFN/c1-9-3-5-12(13(16)7-9)15(18)11-4-6-14(17)10(2)8-11/h3-8,15H,18H2,1-2H3. The van der Waals surface area contributed by atoms with Gasteiger partial charge in [0.25, 0.3) is 0 Å². The van der Waals surface area contributed by atoms with Gasteiger partial charge in [0.1, 0.15) is 5.82 Å². The van der Waals surface area contributed by atoms with Crippen LogP contribution in [0.3, 0.4) is 0 Å². The van der Waals surface area contributed by atoms with Crippen molar-refractivity contribution in [2.75, 3.05) is 0 Å². The summed E-state index contributed by atoms with van der Waals surface area (Å²) in [7, 11) is 0. The largest absolute Gasteiger partial charge is 0.320 e. The molecule has 0 heterocycles. The van der Waals surface area contributed by atoms with E-state index >= 15 is 0 Å². The summed E-state index contributed by atoms with van der Waals surface area (Å²) < 4.78 is 13.2. The first-order valence-electron chi connectivity index (χ1n) is 5.76. The van der Waals surface area contributed by atoms with Crippen molar-refractivity contribution in [3.63, 3.8) is 0 Å². The number of halogens is 2. The molecule has 2 N–H and O–H groups in total. The average Bonchev–Trinajstić information content (AvgIpc) is 2.32. The number of benzene rings is 2. The van der Waals surface area contributed by atoms with E-state index in [2.05, 4.69) is 0 Å². The monoisotopic (exact) mass is 263 g/mol. The number of rotatable bonds is 2. The lowest BCUT2D eigenvalue weighted by Crippen LogP contribution is -2.12. The predicted octanol–water partition coefficient (Wildman–Crippen LogP) is 4.14. The van der Waals surface area contributed by atoms with Gasteiger partial charge in [-0.3, -0.25) is 0 Å². The zero-order valence-electron chi connectivity index (χ0n) is 10.4. The van der Waals surface area contributed by atoms with Crippen molar-refractivity contribution in [1.29, 1.82) is 0 Å². The van der Waals surface area contributed by atoms with E-state index in [9.17, 15) is 4.39 Å². The van der Waals surface area contributed by atoms with Gasteiger partial charge in [0.15, 0.2) is 0 Å². The van der Waals surface area contributed by atoms with E-state index < -0.39 is 0 Å². The summed E-state index contributed by atoms with van der Waals surface area (Å²) in [6, 6.07) is 10.3. The molecular weight excluding hydrogens is 249 g/mol. The first-order chi connectivity index (χ1) is 8.49. The maximum Gasteiger partial charge on any atom is 0.126 e. The minimum atomic E-state index is -0.336. The van der Waals surface area contributed by atoms with E-state index in [1.54, 1.807) is 19.1 Å². The van der Waals surface area contributed by atoms with Crippen LogP contribution in [0, 0.1) is 19.7 Å². The third-order valence-electron chi connectivity index (χ3n) is 3.03. The van der Waals surface area contributed by atoms with Crippen LogP contribution in [0.15, 0.2) is 36.4 Å². The zero-order valence-corrected chi connectivity index (χ0v) is 11.1. The number of hydrogen-bond donors (Lipinski definition) is 1. The molecule has 0 fully saturated rings. The lowest BCUT2D eigenvalue weighted by atomic mass is 9.97. The molecule has 0 saturated heterocycles. The van der Waals surface area contributed by atoms with Crippen LogP contribution >= 0.6 is 11.6 Å². The smallest absolute Gasteiger partial charge is 0.126 e.